The number of rotatable bonds is 47. The van der Waals surface area contributed by atoms with Gasteiger partial charge < -0.3 is 64.2 Å². The van der Waals surface area contributed by atoms with Crippen LogP contribution >= 0.6 is 0 Å². The highest BCUT2D eigenvalue weighted by Gasteiger charge is 2.47. The molecule has 0 bridgehead atoms. The predicted molar refractivity (Wildman–Crippen MR) is 275 cm³/mol. The number of ether oxygens (including phenoxy) is 6. The summed E-state index contributed by atoms with van der Waals surface area (Å²) in [6.45, 7) is 2.65. The van der Waals surface area contributed by atoms with E-state index in [1.807, 2.05) is 0 Å². The molecule has 15 nitrogen and oxygen atoms in total. The van der Waals surface area contributed by atoms with Crippen LogP contribution in [0.25, 0.3) is 0 Å². The van der Waals surface area contributed by atoms with Gasteiger partial charge in [-0.1, -0.05) is 226 Å². The normalized spacial score (nSPS) is 25.1. The van der Waals surface area contributed by atoms with E-state index in [-0.39, 0.29) is 26.1 Å². The van der Waals surface area contributed by atoms with Crippen molar-refractivity contribution in [2.45, 2.75) is 319 Å². The zero-order valence-electron chi connectivity index (χ0n) is 44.7. The van der Waals surface area contributed by atoms with Crippen LogP contribution in [0.3, 0.4) is 0 Å². The number of esters is 2. The highest BCUT2D eigenvalue weighted by atomic mass is 16.7. The van der Waals surface area contributed by atoms with Gasteiger partial charge in [-0.25, -0.2) is 0 Å². The summed E-state index contributed by atoms with van der Waals surface area (Å²) in [4.78, 5) is 25.9. The van der Waals surface area contributed by atoms with Gasteiger partial charge in [0.05, 0.1) is 19.8 Å². The van der Waals surface area contributed by atoms with Crippen molar-refractivity contribution in [2.24, 2.45) is 0 Å². The third kappa shape index (κ3) is 31.2. The maximum atomic E-state index is 13.1. The first-order valence-electron chi connectivity index (χ1n) is 29.1. The van der Waals surface area contributed by atoms with Gasteiger partial charge in [-0.15, -0.1) is 0 Å². The minimum atomic E-state index is -1.76. The summed E-state index contributed by atoms with van der Waals surface area (Å²) >= 11 is 0. The molecule has 15 heteroatoms. The molecule has 2 fully saturated rings. The van der Waals surface area contributed by atoms with Crippen molar-refractivity contribution in [2.75, 3.05) is 26.4 Å². The molecule has 0 radical (unpaired) electrons. The minimum Gasteiger partial charge on any atom is -0.462 e. The van der Waals surface area contributed by atoms with Crippen molar-refractivity contribution in [1.82, 2.24) is 0 Å². The Morgan fingerprint density at radius 2 is 0.718 bits per heavy atom. The average Bonchev–Trinajstić information content (AvgIpc) is 3.36. The summed E-state index contributed by atoms with van der Waals surface area (Å²) < 4.78 is 33.7. The van der Waals surface area contributed by atoms with Crippen LogP contribution in [0.4, 0.5) is 0 Å². The van der Waals surface area contributed by atoms with E-state index in [1.165, 1.54) is 173 Å². The average molecular weight is 1020 g/mol. The fourth-order valence-corrected chi connectivity index (χ4v) is 9.57. The van der Waals surface area contributed by atoms with Gasteiger partial charge in [0.25, 0.3) is 0 Å². The standard InChI is InChI=1S/C56H106O15/c1-3-5-7-9-11-13-15-17-19-20-21-22-23-24-25-27-29-31-33-35-37-39-48(59)69-44(41-66-47(58)38-36-34-32-30-28-26-18-16-14-12-10-8-6-4-2)42-67-55-54(65)52(63)50(61)46(71-55)43-68-56-53(64)51(62)49(60)45(40-57)70-56/h44-46,49-57,60-65H,3-43H2,1-2H3/t44-,45+,46+,49-,50-,51?,52?,53?,54?,55+,56+/m1/s1. The maximum absolute atomic E-state index is 13.1. The number of carbonyl (C=O) groups excluding carboxylic acids is 2. The van der Waals surface area contributed by atoms with E-state index in [2.05, 4.69) is 13.8 Å². The van der Waals surface area contributed by atoms with Gasteiger partial charge in [0.1, 0.15) is 55.4 Å². The van der Waals surface area contributed by atoms with Gasteiger partial charge >= 0.3 is 11.9 Å². The van der Waals surface area contributed by atoms with Gasteiger partial charge in [0, 0.05) is 12.8 Å². The topological polar surface area (TPSA) is 231 Å². The van der Waals surface area contributed by atoms with Crippen LogP contribution < -0.4 is 0 Å². The van der Waals surface area contributed by atoms with Gasteiger partial charge in [0.2, 0.25) is 0 Å². The SMILES string of the molecule is CCCCCCCCCCCCCCCCCCCCCCCC(=O)O[C@H](COC(=O)CCCCCCCCCCCCCCCC)CO[C@H]1O[C@@H](CO[C@H]2O[C@@H](CO)[C@@H](O)C(O)C2O)[C@@H](O)C(O)C1O. The molecule has 4 unspecified atom stereocenters. The Hall–Kier alpha value is -1.50. The second-order valence-corrected chi connectivity index (χ2v) is 20.8. The summed E-state index contributed by atoms with van der Waals surface area (Å²) in [7, 11) is 0. The highest BCUT2D eigenvalue weighted by Crippen LogP contribution is 2.27. The summed E-state index contributed by atoms with van der Waals surface area (Å²) in [6, 6.07) is 0. The number of carbonyl (C=O) groups is 2. The molecule has 0 aromatic carbocycles. The molecule has 2 aliphatic heterocycles. The van der Waals surface area contributed by atoms with Crippen LogP contribution in [0.1, 0.15) is 251 Å². The summed E-state index contributed by atoms with van der Waals surface area (Å²) in [5, 5.41) is 72.2. The molecule has 0 aromatic heterocycles. The van der Waals surface area contributed by atoms with Crippen LogP contribution in [0.2, 0.25) is 0 Å². The molecule has 71 heavy (non-hydrogen) atoms. The van der Waals surface area contributed by atoms with Crippen LogP contribution in [0.15, 0.2) is 0 Å². The molecule has 2 rings (SSSR count). The third-order valence-corrected chi connectivity index (χ3v) is 14.3. The molecule has 0 saturated carbocycles. The second kappa shape index (κ2) is 43.7. The smallest absolute Gasteiger partial charge is 0.306 e. The van der Waals surface area contributed by atoms with Gasteiger partial charge in [-0.05, 0) is 12.8 Å². The van der Waals surface area contributed by atoms with Crippen molar-refractivity contribution < 1.29 is 73.8 Å². The molecule has 0 amide bonds. The molecule has 2 saturated heterocycles. The fourth-order valence-electron chi connectivity index (χ4n) is 9.57. The van der Waals surface area contributed by atoms with Crippen molar-refractivity contribution in [1.29, 1.82) is 0 Å². The minimum absolute atomic E-state index is 0.174. The largest absolute Gasteiger partial charge is 0.462 e. The maximum Gasteiger partial charge on any atom is 0.306 e. The first kappa shape index (κ1) is 65.6. The van der Waals surface area contributed by atoms with E-state index >= 15 is 0 Å². The molecule has 7 N–H and O–H groups in total. The van der Waals surface area contributed by atoms with Crippen molar-refractivity contribution >= 4 is 11.9 Å². The Kier molecular flexibility index (Phi) is 40.4. The molecule has 2 heterocycles. The molecular weight excluding hydrogens is 913 g/mol. The lowest BCUT2D eigenvalue weighted by Crippen LogP contribution is -2.61. The Bertz CT molecular complexity index is 1240. The van der Waals surface area contributed by atoms with E-state index in [9.17, 15) is 45.3 Å². The monoisotopic (exact) mass is 1020 g/mol. The summed E-state index contributed by atoms with van der Waals surface area (Å²) in [5.74, 6) is -0.905. The Morgan fingerprint density at radius 3 is 1.10 bits per heavy atom. The molecule has 0 aromatic rings. The van der Waals surface area contributed by atoms with E-state index in [0.29, 0.717) is 12.8 Å². The number of aliphatic hydroxyl groups excluding tert-OH is 7. The van der Waals surface area contributed by atoms with E-state index in [4.69, 9.17) is 28.4 Å². The Morgan fingerprint density at radius 1 is 0.394 bits per heavy atom. The molecular formula is C56H106O15. The van der Waals surface area contributed by atoms with E-state index < -0.39 is 92.7 Å². The third-order valence-electron chi connectivity index (χ3n) is 14.3. The zero-order chi connectivity index (χ0) is 51.7. The number of unbranched alkanes of at least 4 members (excludes halogenated alkanes) is 33. The van der Waals surface area contributed by atoms with Crippen LogP contribution in [0.5, 0.6) is 0 Å². The number of aliphatic hydroxyl groups is 7. The fraction of sp³-hybridized carbons (Fsp3) is 0.964. The highest BCUT2D eigenvalue weighted by molar-refractivity contribution is 5.70. The number of hydrogen-bond acceptors (Lipinski definition) is 15. The Balaban J connectivity index is 1.73. The van der Waals surface area contributed by atoms with Gasteiger partial charge in [-0.2, -0.15) is 0 Å². The van der Waals surface area contributed by atoms with E-state index in [1.54, 1.807) is 0 Å². The number of hydrogen-bond donors (Lipinski definition) is 7. The van der Waals surface area contributed by atoms with Crippen molar-refractivity contribution in [3.8, 4) is 0 Å². The lowest BCUT2D eigenvalue weighted by molar-refractivity contribution is -0.332. The van der Waals surface area contributed by atoms with Crippen molar-refractivity contribution in [3.05, 3.63) is 0 Å². The second-order valence-electron chi connectivity index (χ2n) is 20.8. The van der Waals surface area contributed by atoms with Gasteiger partial charge in [-0.3, -0.25) is 9.59 Å². The Labute approximate surface area is 429 Å². The van der Waals surface area contributed by atoms with Crippen molar-refractivity contribution in [3.63, 3.8) is 0 Å². The quantitative estimate of drug-likeness (QED) is 0.0222. The molecule has 420 valence electrons. The van der Waals surface area contributed by atoms with Gasteiger partial charge in [0.15, 0.2) is 18.7 Å². The zero-order valence-corrected chi connectivity index (χ0v) is 44.7. The first-order valence-corrected chi connectivity index (χ1v) is 29.1. The summed E-state index contributed by atoms with van der Waals surface area (Å²) in [5.41, 5.74) is 0. The molecule has 0 aliphatic carbocycles. The first-order chi connectivity index (χ1) is 34.5. The summed E-state index contributed by atoms with van der Waals surface area (Å²) in [6.07, 6.45) is 27.0. The lowest BCUT2D eigenvalue weighted by Gasteiger charge is -2.42. The van der Waals surface area contributed by atoms with E-state index in [0.717, 1.165) is 38.5 Å². The van der Waals surface area contributed by atoms with Crippen LogP contribution in [-0.2, 0) is 38.0 Å². The van der Waals surface area contributed by atoms with Crippen LogP contribution in [0, 0.1) is 0 Å². The molecule has 2 aliphatic rings. The molecule has 0 spiro atoms. The lowest BCUT2D eigenvalue weighted by atomic mass is 9.98. The molecule has 11 atom stereocenters. The predicted octanol–water partition coefficient (Wildman–Crippen LogP) is 9.56. The van der Waals surface area contributed by atoms with Crippen LogP contribution in [-0.4, -0.2) is 142 Å².